The minimum atomic E-state index is -3.06. The molecule has 1 N–H and O–H groups in total. The summed E-state index contributed by atoms with van der Waals surface area (Å²) in [5.41, 5.74) is 0. The van der Waals surface area contributed by atoms with Crippen molar-refractivity contribution in [1.82, 2.24) is 24.4 Å². The molecule has 0 radical (unpaired) electrons. The monoisotopic (exact) mass is 301 g/mol. The van der Waals surface area contributed by atoms with Gasteiger partial charge >= 0.3 is 0 Å². The van der Waals surface area contributed by atoms with E-state index in [1.54, 1.807) is 20.4 Å². The molecule has 114 valence electrons. The van der Waals surface area contributed by atoms with Crippen LogP contribution in [0.4, 0.5) is 0 Å². The Balaban J connectivity index is 1.70. The first-order chi connectivity index (χ1) is 9.49. The topological polar surface area (TPSA) is 82.2 Å². The van der Waals surface area contributed by atoms with Gasteiger partial charge in [-0.05, 0) is 38.9 Å². The van der Waals surface area contributed by atoms with E-state index in [-0.39, 0.29) is 5.75 Å². The van der Waals surface area contributed by atoms with Gasteiger partial charge in [0.1, 0.15) is 12.2 Å². The molecule has 8 heteroatoms. The predicted molar refractivity (Wildman–Crippen MR) is 76.9 cm³/mol. The van der Waals surface area contributed by atoms with Gasteiger partial charge in [0.05, 0.1) is 5.75 Å². The zero-order valence-corrected chi connectivity index (χ0v) is 12.9. The van der Waals surface area contributed by atoms with Crippen LogP contribution < -0.4 is 0 Å². The van der Waals surface area contributed by atoms with Crippen LogP contribution in [0.15, 0.2) is 6.33 Å². The van der Waals surface area contributed by atoms with E-state index in [1.165, 1.54) is 4.31 Å². The SMILES string of the molecule is CN(C)S(=O)(=O)CCCN1CCC(c2ncn[nH]2)CC1. The standard InChI is InChI=1S/C12H23N5O2S/c1-16(2)20(18,19)9-3-6-17-7-4-11(5-8-17)12-13-10-14-15-12/h10-11H,3-9H2,1-2H3,(H,13,14,15). The molecule has 1 fully saturated rings. The van der Waals surface area contributed by atoms with Crippen LogP contribution in [-0.2, 0) is 10.0 Å². The highest BCUT2D eigenvalue weighted by atomic mass is 32.2. The molecular weight excluding hydrogens is 278 g/mol. The van der Waals surface area contributed by atoms with Crippen LogP contribution in [0.2, 0.25) is 0 Å². The first-order valence-corrected chi connectivity index (χ1v) is 8.58. The van der Waals surface area contributed by atoms with E-state index in [1.807, 2.05) is 0 Å². The van der Waals surface area contributed by atoms with E-state index in [4.69, 9.17) is 0 Å². The molecule has 0 bridgehead atoms. The average Bonchev–Trinajstić information content (AvgIpc) is 2.93. The van der Waals surface area contributed by atoms with Gasteiger partial charge in [-0.3, -0.25) is 5.10 Å². The van der Waals surface area contributed by atoms with Crippen LogP contribution in [0, 0.1) is 0 Å². The van der Waals surface area contributed by atoms with E-state index in [9.17, 15) is 8.42 Å². The lowest BCUT2D eigenvalue weighted by Crippen LogP contribution is -2.35. The number of hydrogen-bond donors (Lipinski definition) is 1. The second-order valence-electron chi connectivity index (χ2n) is 5.44. The van der Waals surface area contributed by atoms with Gasteiger partial charge in [-0.25, -0.2) is 17.7 Å². The summed E-state index contributed by atoms with van der Waals surface area (Å²) in [5, 5.41) is 6.82. The predicted octanol–water partition coefficient (Wildman–Crippen LogP) is 0.266. The van der Waals surface area contributed by atoms with Gasteiger partial charge in [-0.15, -0.1) is 0 Å². The van der Waals surface area contributed by atoms with Crippen LogP contribution in [0.25, 0.3) is 0 Å². The number of aromatic nitrogens is 3. The van der Waals surface area contributed by atoms with Gasteiger partial charge in [0, 0.05) is 20.0 Å². The number of sulfonamides is 1. The summed E-state index contributed by atoms with van der Waals surface area (Å²) in [7, 11) is 0.101. The second kappa shape index (κ2) is 6.64. The van der Waals surface area contributed by atoms with Crippen LogP contribution in [-0.4, -0.2) is 72.3 Å². The average molecular weight is 301 g/mol. The molecular formula is C12H23N5O2S. The fourth-order valence-electron chi connectivity index (χ4n) is 2.49. The molecule has 0 amide bonds. The van der Waals surface area contributed by atoms with Gasteiger partial charge in [0.15, 0.2) is 0 Å². The minimum Gasteiger partial charge on any atom is -0.303 e. The first kappa shape index (κ1) is 15.4. The number of likely N-dealkylation sites (tertiary alicyclic amines) is 1. The zero-order chi connectivity index (χ0) is 14.6. The Morgan fingerprint density at radius 2 is 2.10 bits per heavy atom. The van der Waals surface area contributed by atoms with Gasteiger partial charge in [0.2, 0.25) is 10.0 Å². The number of rotatable bonds is 6. The fourth-order valence-corrected chi connectivity index (χ4v) is 3.35. The lowest BCUT2D eigenvalue weighted by molar-refractivity contribution is 0.210. The summed E-state index contributed by atoms with van der Waals surface area (Å²) in [4.78, 5) is 6.54. The Kier molecular flexibility index (Phi) is 5.11. The molecule has 0 saturated carbocycles. The maximum absolute atomic E-state index is 11.7. The first-order valence-electron chi connectivity index (χ1n) is 6.97. The van der Waals surface area contributed by atoms with E-state index < -0.39 is 10.0 Å². The highest BCUT2D eigenvalue weighted by Gasteiger charge is 2.22. The number of piperidine rings is 1. The van der Waals surface area contributed by atoms with Crippen molar-refractivity contribution in [1.29, 1.82) is 0 Å². The van der Waals surface area contributed by atoms with Crippen molar-refractivity contribution in [2.45, 2.75) is 25.2 Å². The quantitative estimate of drug-likeness (QED) is 0.815. The maximum Gasteiger partial charge on any atom is 0.213 e. The Morgan fingerprint density at radius 1 is 1.40 bits per heavy atom. The fraction of sp³-hybridized carbons (Fsp3) is 0.833. The molecule has 2 heterocycles. The van der Waals surface area contributed by atoms with Crippen molar-refractivity contribution in [3.05, 3.63) is 12.2 Å². The van der Waals surface area contributed by atoms with E-state index in [0.29, 0.717) is 12.3 Å². The highest BCUT2D eigenvalue weighted by Crippen LogP contribution is 2.24. The lowest BCUT2D eigenvalue weighted by atomic mass is 9.96. The summed E-state index contributed by atoms with van der Waals surface area (Å²) < 4.78 is 24.6. The van der Waals surface area contributed by atoms with Crippen molar-refractivity contribution in [2.75, 3.05) is 39.5 Å². The Morgan fingerprint density at radius 3 is 2.65 bits per heavy atom. The van der Waals surface area contributed by atoms with E-state index in [0.717, 1.165) is 38.3 Å². The number of nitrogens with one attached hydrogen (secondary N) is 1. The van der Waals surface area contributed by atoms with Gasteiger partial charge in [-0.2, -0.15) is 5.10 Å². The Hall–Kier alpha value is -0.990. The molecule has 2 rings (SSSR count). The van der Waals surface area contributed by atoms with Crippen LogP contribution in [0.5, 0.6) is 0 Å². The molecule has 0 aliphatic carbocycles. The van der Waals surface area contributed by atoms with Gasteiger partial charge in [-0.1, -0.05) is 0 Å². The van der Waals surface area contributed by atoms with Crippen molar-refractivity contribution in [3.8, 4) is 0 Å². The van der Waals surface area contributed by atoms with Crippen molar-refractivity contribution in [2.24, 2.45) is 0 Å². The smallest absolute Gasteiger partial charge is 0.213 e. The third-order valence-corrected chi connectivity index (χ3v) is 5.76. The summed E-state index contributed by atoms with van der Waals surface area (Å²) >= 11 is 0. The zero-order valence-electron chi connectivity index (χ0n) is 12.1. The van der Waals surface area contributed by atoms with Crippen molar-refractivity contribution >= 4 is 10.0 Å². The summed E-state index contributed by atoms with van der Waals surface area (Å²) in [5.74, 6) is 1.65. The lowest BCUT2D eigenvalue weighted by Gasteiger charge is -2.30. The number of hydrogen-bond acceptors (Lipinski definition) is 5. The third-order valence-electron chi connectivity index (χ3n) is 3.84. The van der Waals surface area contributed by atoms with Gasteiger partial charge < -0.3 is 4.90 Å². The summed E-state index contributed by atoms with van der Waals surface area (Å²) in [6, 6.07) is 0. The normalized spacial score (nSPS) is 18.8. The minimum absolute atomic E-state index is 0.224. The molecule has 1 aromatic rings. The van der Waals surface area contributed by atoms with Crippen LogP contribution in [0.1, 0.15) is 31.0 Å². The Labute approximate surface area is 120 Å². The third kappa shape index (κ3) is 4.00. The molecule has 20 heavy (non-hydrogen) atoms. The number of H-pyrrole nitrogens is 1. The Bertz CT molecular complexity index is 492. The van der Waals surface area contributed by atoms with E-state index >= 15 is 0 Å². The second-order valence-corrected chi connectivity index (χ2v) is 7.74. The molecule has 0 aromatic carbocycles. The highest BCUT2D eigenvalue weighted by molar-refractivity contribution is 7.89. The maximum atomic E-state index is 11.7. The van der Waals surface area contributed by atoms with Crippen molar-refractivity contribution in [3.63, 3.8) is 0 Å². The van der Waals surface area contributed by atoms with Gasteiger partial charge in [0.25, 0.3) is 0 Å². The van der Waals surface area contributed by atoms with Crippen LogP contribution in [0.3, 0.4) is 0 Å². The van der Waals surface area contributed by atoms with Crippen LogP contribution >= 0.6 is 0 Å². The largest absolute Gasteiger partial charge is 0.303 e. The molecule has 7 nitrogen and oxygen atoms in total. The number of aromatic amines is 1. The molecule has 1 aliphatic rings. The summed E-state index contributed by atoms with van der Waals surface area (Å²) in [6.07, 6.45) is 4.34. The molecule has 1 aliphatic heterocycles. The van der Waals surface area contributed by atoms with E-state index in [2.05, 4.69) is 20.1 Å². The van der Waals surface area contributed by atoms with Crippen molar-refractivity contribution < 1.29 is 8.42 Å². The molecule has 0 atom stereocenters. The number of nitrogens with zero attached hydrogens (tertiary/aromatic N) is 4. The molecule has 1 aromatic heterocycles. The molecule has 0 spiro atoms. The molecule has 0 unspecified atom stereocenters. The summed E-state index contributed by atoms with van der Waals surface area (Å²) in [6.45, 7) is 2.83. The molecule has 1 saturated heterocycles.